The third-order valence-electron chi connectivity index (χ3n) is 6.98. The molecule has 200 valence electrons. The Balaban J connectivity index is 1.61. The maximum atomic E-state index is 12.6. The molecule has 1 aliphatic heterocycles. The van der Waals surface area contributed by atoms with Gasteiger partial charge in [0.2, 0.25) is 5.91 Å². The number of imide groups is 1. The van der Waals surface area contributed by atoms with Crippen molar-refractivity contribution in [2.45, 2.75) is 75.3 Å². The molecule has 0 bridgehead atoms. The molecule has 9 heteroatoms. The first-order chi connectivity index (χ1) is 17.1. The summed E-state index contributed by atoms with van der Waals surface area (Å²) in [5.41, 5.74) is 0.711. The number of benzene rings is 1. The molecular weight excluding hydrogens is 498 g/mol. The Bertz CT molecular complexity index is 924. The van der Waals surface area contributed by atoms with Crippen molar-refractivity contribution in [3.8, 4) is 0 Å². The summed E-state index contributed by atoms with van der Waals surface area (Å²) in [4.78, 5) is 24.9. The summed E-state index contributed by atoms with van der Waals surface area (Å²) in [5, 5.41) is 14.0. The largest absolute Gasteiger partial charge is 0.443 e. The Hall–Kier alpha value is -1.52. The van der Waals surface area contributed by atoms with E-state index in [1.54, 1.807) is 18.9 Å². The number of thioether (sulfide) groups is 2. The highest BCUT2D eigenvalue weighted by atomic mass is 32.2. The number of rotatable bonds is 11. The van der Waals surface area contributed by atoms with E-state index in [2.05, 4.69) is 11.4 Å². The van der Waals surface area contributed by atoms with E-state index in [0.29, 0.717) is 24.3 Å². The summed E-state index contributed by atoms with van der Waals surface area (Å²) in [6, 6.07) is 9.84. The van der Waals surface area contributed by atoms with E-state index < -0.39 is 35.4 Å². The lowest BCUT2D eigenvalue weighted by Crippen LogP contribution is -2.61. The van der Waals surface area contributed by atoms with Crippen LogP contribution in [0, 0.1) is 5.92 Å². The fourth-order valence-corrected chi connectivity index (χ4v) is 6.85. The van der Waals surface area contributed by atoms with Crippen LogP contribution in [-0.2, 0) is 24.8 Å². The van der Waals surface area contributed by atoms with E-state index in [-0.39, 0.29) is 17.8 Å². The van der Waals surface area contributed by atoms with Crippen LogP contribution in [0.15, 0.2) is 42.0 Å². The maximum absolute atomic E-state index is 12.6. The number of amides is 2. The first-order valence-electron chi connectivity index (χ1n) is 12.3. The van der Waals surface area contributed by atoms with Crippen LogP contribution in [0.5, 0.6) is 0 Å². The molecule has 2 amide bonds. The number of carbonyl (C=O) groups is 2. The second-order valence-corrected chi connectivity index (χ2v) is 11.9. The molecule has 0 spiro atoms. The zero-order chi connectivity index (χ0) is 26.3. The average molecular weight is 538 g/mol. The molecule has 1 heterocycles. The molecule has 36 heavy (non-hydrogen) atoms. The van der Waals surface area contributed by atoms with Gasteiger partial charge >= 0.3 is 6.09 Å². The van der Waals surface area contributed by atoms with Crippen molar-refractivity contribution in [1.82, 2.24) is 5.32 Å². The number of nitrogens with one attached hydrogen (secondary N) is 1. The van der Waals surface area contributed by atoms with Crippen molar-refractivity contribution in [2.24, 2.45) is 5.92 Å². The Labute approximate surface area is 223 Å². The Morgan fingerprint density at radius 3 is 2.64 bits per heavy atom. The van der Waals surface area contributed by atoms with Gasteiger partial charge in [-0.05, 0) is 51.9 Å². The van der Waals surface area contributed by atoms with Crippen molar-refractivity contribution in [2.75, 3.05) is 24.9 Å². The summed E-state index contributed by atoms with van der Waals surface area (Å²) in [5.74, 6) is 0.570. The number of alkyl carbamates (subject to hydrolysis) is 1. The lowest BCUT2D eigenvalue weighted by molar-refractivity contribution is -0.170. The predicted octanol–water partition coefficient (Wildman–Crippen LogP) is 4.57. The minimum atomic E-state index is -1.02. The summed E-state index contributed by atoms with van der Waals surface area (Å²) in [6.07, 6.45) is 3.74. The van der Waals surface area contributed by atoms with Gasteiger partial charge in [-0.15, -0.1) is 11.8 Å². The fraction of sp³-hybridized carbons (Fsp3) is 0.630. The first kappa shape index (κ1) is 29.0. The van der Waals surface area contributed by atoms with Gasteiger partial charge in [0.1, 0.15) is 17.8 Å². The molecule has 2 N–H and O–H groups in total. The smallest absolute Gasteiger partial charge is 0.414 e. The van der Waals surface area contributed by atoms with Crippen LogP contribution >= 0.6 is 23.5 Å². The van der Waals surface area contributed by atoms with Gasteiger partial charge in [-0.1, -0.05) is 42.0 Å². The van der Waals surface area contributed by atoms with Crippen LogP contribution in [-0.4, -0.2) is 71.5 Å². The molecule has 0 radical (unpaired) electrons. The van der Waals surface area contributed by atoms with Gasteiger partial charge in [-0.25, -0.2) is 4.79 Å². The summed E-state index contributed by atoms with van der Waals surface area (Å²) in [6.45, 7) is 6.10. The van der Waals surface area contributed by atoms with Gasteiger partial charge in [0.25, 0.3) is 0 Å². The normalized spacial score (nSPS) is 31.4. The van der Waals surface area contributed by atoms with Gasteiger partial charge in [-0.3, -0.25) is 10.1 Å². The van der Waals surface area contributed by atoms with Crippen molar-refractivity contribution in [3.63, 3.8) is 0 Å². The van der Waals surface area contributed by atoms with E-state index in [4.69, 9.17) is 14.2 Å². The average Bonchev–Trinajstić information content (AvgIpc) is 3.49. The molecule has 2 fully saturated rings. The molecule has 2 aliphatic rings. The number of carbonyl (C=O) groups excluding carboxylic acids is 2. The van der Waals surface area contributed by atoms with Crippen LogP contribution in [0.25, 0.3) is 0 Å². The lowest BCUT2D eigenvalue weighted by Gasteiger charge is -2.48. The summed E-state index contributed by atoms with van der Waals surface area (Å²) >= 11 is 3.01. The predicted molar refractivity (Wildman–Crippen MR) is 145 cm³/mol. The van der Waals surface area contributed by atoms with Crippen LogP contribution in [0.2, 0.25) is 0 Å². The van der Waals surface area contributed by atoms with E-state index in [1.165, 1.54) is 17.3 Å². The Morgan fingerprint density at radius 2 is 2.00 bits per heavy atom. The number of hydrogen-bond acceptors (Lipinski definition) is 8. The zero-order valence-corrected chi connectivity index (χ0v) is 23.5. The molecule has 1 saturated heterocycles. The topological polar surface area (TPSA) is 97.4 Å². The molecule has 3 rings (SSSR count). The maximum Gasteiger partial charge on any atom is 0.414 e. The SMILES string of the molecule is COC1C(OC(=O)NC(=O)CSCc2ccccc2)CCC(O)(CSC)C1C1(C)OC1CC=C(C)C. The molecule has 6 atom stereocenters. The van der Waals surface area contributed by atoms with Crippen molar-refractivity contribution >= 4 is 35.5 Å². The third kappa shape index (κ3) is 7.28. The molecular formula is C27H39NO6S2. The second-order valence-electron chi connectivity index (χ2n) is 10.0. The fourth-order valence-electron chi connectivity index (χ4n) is 5.24. The Morgan fingerprint density at radius 1 is 1.28 bits per heavy atom. The summed E-state index contributed by atoms with van der Waals surface area (Å²) < 4.78 is 17.7. The number of methoxy groups -OCH3 is 1. The number of allylic oxidation sites excluding steroid dienone is 1. The molecule has 1 aliphatic carbocycles. The van der Waals surface area contributed by atoms with Crippen LogP contribution in [0.4, 0.5) is 4.79 Å². The minimum Gasteiger partial charge on any atom is -0.443 e. The van der Waals surface area contributed by atoms with Crippen LogP contribution < -0.4 is 5.32 Å². The molecule has 1 saturated carbocycles. The van der Waals surface area contributed by atoms with Gasteiger partial charge < -0.3 is 19.3 Å². The highest BCUT2D eigenvalue weighted by Crippen LogP contribution is 2.55. The number of hydrogen-bond donors (Lipinski definition) is 2. The van der Waals surface area contributed by atoms with Crippen molar-refractivity contribution in [3.05, 3.63) is 47.5 Å². The third-order valence-corrected chi connectivity index (χ3v) is 8.78. The van der Waals surface area contributed by atoms with Crippen LogP contribution in [0.1, 0.15) is 45.6 Å². The van der Waals surface area contributed by atoms with Gasteiger partial charge in [0.05, 0.1) is 17.5 Å². The minimum absolute atomic E-state index is 0.0424. The van der Waals surface area contributed by atoms with E-state index in [9.17, 15) is 14.7 Å². The van der Waals surface area contributed by atoms with E-state index in [0.717, 1.165) is 12.0 Å². The highest BCUT2D eigenvalue weighted by molar-refractivity contribution is 7.99. The summed E-state index contributed by atoms with van der Waals surface area (Å²) in [7, 11) is 1.57. The van der Waals surface area contributed by atoms with Crippen molar-refractivity contribution in [1.29, 1.82) is 0 Å². The van der Waals surface area contributed by atoms with Gasteiger partial charge in [-0.2, -0.15) is 11.8 Å². The number of epoxide rings is 1. The van der Waals surface area contributed by atoms with E-state index >= 15 is 0 Å². The quantitative estimate of drug-likeness (QED) is 0.313. The first-order valence-corrected chi connectivity index (χ1v) is 14.8. The highest BCUT2D eigenvalue weighted by Gasteiger charge is 2.67. The van der Waals surface area contributed by atoms with Crippen molar-refractivity contribution < 1.29 is 28.9 Å². The second kappa shape index (κ2) is 12.8. The molecule has 1 aromatic carbocycles. The molecule has 7 nitrogen and oxygen atoms in total. The zero-order valence-electron chi connectivity index (χ0n) is 21.8. The lowest BCUT2D eigenvalue weighted by atomic mass is 9.66. The number of aliphatic hydroxyl groups is 1. The van der Waals surface area contributed by atoms with E-state index in [1.807, 2.05) is 57.4 Å². The molecule has 0 aromatic heterocycles. The van der Waals surface area contributed by atoms with Gasteiger partial charge in [0.15, 0.2) is 0 Å². The number of ether oxygens (including phenoxy) is 3. The molecule has 1 aromatic rings. The van der Waals surface area contributed by atoms with Crippen LogP contribution in [0.3, 0.4) is 0 Å². The Kier molecular flexibility index (Phi) is 10.3. The monoisotopic (exact) mass is 537 g/mol. The molecule has 6 unspecified atom stereocenters. The van der Waals surface area contributed by atoms with Gasteiger partial charge in [0, 0.05) is 24.5 Å². The standard InChI is InChI=1S/C27H39NO6S2/c1-18(2)11-12-21-26(3,34-21)24-23(32-4)20(13-14-27(24,31)17-35-5)33-25(30)28-22(29)16-36-15-19-9-7-6-8-10-19/h6-11,20-21,23-24,31H,12-17H2,1-5H3,(H,28,29,30).